The van der Waals surface area contributed by atoms with E-state index in [1.165, 1.54) is 17.2 Å². The van der Waals surface area contributed by atoms with E-state index in [-0.39, 0.29) is 47.8 Å². The minimum Gasteiger partial charge on any atom is -0.544 e. The number of Topliss-reactive ketones (excluding diaryl/α,β-unsaturated/α-hetero) is 1. The number of ketones is 1. The van der Waals surface area contributed by atoms with Crippen LogP contribution in [0.25, 0.3) is 0 Å². The van der Waals surface area contributed by atoms with Crippen molar-refractivity contribution in [3.63, 3.8) is 0 Å². The zero-order valence-electron chi connectivity index (χ0n) is 24.6. The number of carboxylic acids is 1. The van der Waals surface area contributed by atoms with Gasteiger partial charge in [-0.05, 0) is 12.6 Å². The SMILES string of the molecule is C=C1N=C(N)C=CN1[C@@H]1O[C@H](COP(=O)(O)OC2(C(=O)[O-])CC(O)C(CC(=O)CNCC)C(C(O)[C@H](O)CO)O2)[C@H](O)C1O.[Na+]. The first-order chi connectivity index (χ1) is 20.6. The number of carbonyl (C=O) groups excluding carboxylic acids is 2. The third-order valence-corrected chi connectivity index (χ3v) is 8.22. The van der Waals surface area contributed by atoms with Gasteiger partial charge in [-0.2, -0.15) is 0 Å². The van der Waals surface area contributed by atoms with E-state index in [1.54, 1.807) is 6.92 Å². The number of nitrogens with two attached hydrogens (primary N) is 1. The summed E-state index contributed by atoms with van der Waals surface area (Å²) in [4.78, 5) is 40.2. The van der Waals surface area contributed by atoms with Crippen molar-refractivity contribution < 1.29 is 103 Å². The average Bonchev–Trinajstić information content (AvgIpc) is 3.23. The number of likely N-dealkylation sites (N-methyl/N-ethyl adjacent to an activating group) is 1. The number of phosphoric acid groups is 1. The quantitative estimate of drug-likeness (QED) is 0.0574. The number of rotatable bonds is 15. The fourth-order valence-corrected chi connectivity index (χ4v) is 5.88. The number of nitrogens with zero attached hydrogens (tertiary/aromatic N) is 2. The molecule has 0 amide bonds. The number of nitrogens with one attached hydrogen (secondary N) is 1. The summed E-state index contributed by atoms with van der Waals surface area (Å²) in [5, 5.41) is 76.7. The van der Waals surface area contributed by atoms with E-state index in [0.717, 1.165) is 0 Å². The molecular weight excluding hydrogens is 638 g/mol. The Morgan fingerprint density at radius 1 is 1.33 bits per heavy atom. The van der Waals surface area contributed by atoms with E-state index in [0.29, 0.717) is 6.54 Å². The van der Waals surface area contributed by atoms with Crippen molar-refractivity contribution >= 4 is 25.4 Å². The number of amidine groups is 1. The van der Waals surface area contributed by atoms with E-state index >= 15 is 0 Å². The van der Waals surface area contributed by atoms with Crippen LogP contribution in [0, 0.1) is 5.92 Å². The minimum absolute atomic E-state index is 0. The van der Waals surface area contributed by atoms with Crippen molar-refractivity contribution in [3.8, 4) is 0 Å². The number of aliphatic hydroxyl groups is 6. The van der Waals surface area contributed by atoms with Gasteiger partial charge in [-0.25, -0.2) is 14.1 Å². The van der Waals surface area contributed by atoms with E-state index in [9.17, 15) is 54.8 Å². The van der Waals surface area contributed by atoms with Crippen molar-refractivity contribution in [1.82, 2.24) is 10.2 Å². The van der Waals surface area contributed by atoms with Crippen molar-refractivity contribution in [2.24, 2.45) is 16.6 Å². The van der Waals surface area contributed by atoms with Gasteiger partial charge in [-0.3, -0.25) is 9.32 Å². The summed E-state index contributed by atoms with van der Waals surface area (Å²) in [6, 6.07) is 0. The van der Waals surface area contributed by atoms with Gasteiger partial charge in [0.1, 0.15) is 53.9 Å². The summed E-state index contributed by atoms with van der Waals surface area (Å²) in [7, 11) is -5.51. The maximum absolute atomic E-state index is 12.9. The number of ether oxygens (including phenoxy) is 2. The molecule has 0 spiro atoms. The maximum Gasteiger partial charge on any atom is 1.00 e. The van der Waals surface area contributed by atoms with Crippen LogP contribution in [-0.2, 0) is 32.7 Å². The Bertz CT molecular complexity index is 1180. The Kier molecular flexibility index (Phi) is 14.7. The summed E-state index contributed by atoms with van der Waals surface area (Å²) in [5.74, 6) is -7.23. The molecule has 3 aliphatic rings. The molecule has 0 aliphatic carbocycles. The molecule has 3 rings (SSSR count). The van der Waals surface area contributed by atoms with Gasteiger partial charge < -0.3 is 70.9 Å². The molecule has 0 radical (unpaired) electrons. The molecule has 45 heavy (non-hydrogen) atoms. The van der Waals surface area contributed by atoms with Crippen LogP contribution in [0.2, 0.25) is 0 Å². The molecule has 10 N–H and O–H groups in total. The third-order valence-electron chi connectivity index (χ3n) is 7.22. The molecule has 250 valence electrons. The first kappa shape index (κ1) is 39.8. The minimum atomic E-state index is -5.51. The standard InChI is InChI=1S/C24H39N4O15P.Na/c1-3-26-8-12(30)6-13-14(31)7-24(23(36)37,42-21(13)18(33)15(32)9-29)43-44(38,39)40-10-16-19(34)20(35)22(41-16)28-5-4-17(25)27-11(28)2;/h4-5,13-16,18-22,26,29,31-35H,2-3,6-10H2,1H3,(H2,25,27)(H,36,37)(H,38,39);/q;+1/p-1/t13?,14?,15-,16-,18?,19+,20?,21?,22-,24?;/m1./s1. The Balaban J connectivity index is 0.00000705. The second-order valence-corrected chi connectivity index (χ2v) is 11.8. The molecule has 3 aliphatic heterocycles. The van der Waals surface area contributed by atoms with Gasteiger partial charge in [-0.1, -0.05) is 13.5 Å². The van der Waals surface area contributed by atoms with Gasteiger partial charge in [0.15, 0.2) is 6.23 Å². The first-order valence-electron chi connectivity index (χ1n) is 13.5. The summed E-state index contributed by atoms with van der Waals surface area (Å²) in [5.41, 5.74) is 5.58. The Labute approximate surface area is 279 Å². The Morgan fingerprint density at radius 2 is 2.00 bits per heavy atom. The summed E-state index contributed by atoms with van der Waals surface area (Å²) < 4.78 is 33.5. The number of aliphatic hydroxyl groups excluding tert-OH is 6. The first-order valence-corrected chi connectivity index (χ1v) is 15.0. The fourth-order valence-electron chi connectivity index (χ4n) is 4.93. The number of phosphoric ester groups is 1. The molecule has 3 heterocycles. The van der Waals surface area contributed by atoms with Gasteiger partial charge in [0.2, 0.25) is 5.79 Å². The van der Waals surface area contributed by atoms with Crippen molar-refractivity contribution in [3.05, 3.63) is 24.7 Å². The largest absolute Gasteiger partial charge is 1.00 e. The van der Waals surface area contributed by atoms with Crippen LogP contribution in [0.1, 0.15) is 19.8 Å². The topological polar surface area (TPSA) is 306 Å². The van der Waals surface area contributed by atoms with Crippen molar-refractivity contribution in [1.29, 1.82) is 0 Å². The van der Waals surface area contributed by atoms with Crippen LogP contribution in [0.3, 0.4) is 0 Å². The molecule has 0 saturated carbocycles. The number of carboxylic acid groups (broad SMARTS) is 1. The predicted molar refractivity (Wildman–Crippen MR) is 143 cm³/mol. The molecule has 11 atom stereocenters. The van der Waals surface area contributed by atoms with Gasteiger partial charge >= 0.3 is 37.4 Å². The zero-order chi connectivity index (χ0) is 33.0. The van der Waals surface area contributed by atoms with Gasteiger partial charge in [-0.15, -0.1) is 0 Å². The second kappa shape index (κ2) is 16.6. The molecule has 0 bridgehead atoms. The zero-order valence-corrected chi connectivity index (χ0v) is 27.5. The average molecular weight is 677 g/mol. The molecule has 0 aromatic rings. The van der Waals surface area contributed by atoms with E-state index in [4.69, 9.17) is 24.3 Å². The van der Waals surface area contributed by atoms with Crippen LogP contribution in [-0.4, -0.2) is 139 Å². The molecule has 2 saturated heterocycles. The predicted octanol–water partition coefficient (Wildman–Crippen LogP) is -8.28. The summed E-state index contributed by atoms with van der Waals surface area (Å²) in [6.07, 6.45) is -12.7. The van der Waals surface area contributed by atoms with Crippen LogP contribution in [0.15, 0.2) is 29.7 Å². The van der Waals surface area contributed by atoms with Gasteiger partial charge in [0, 0.05) is 25.0 Å². The van der Waals surface area contributed by atoms with Gasteiger partial charge in [0.25, 0.3) is 0 Å². The second-order valence-electron chi connectivity index (χ2n) is 10.4. The van der Waals surface area contributed by atoms with Crippen molar-refractivity contribution in [2.75, 3.05) is 26.3 Å². The van der Waals surface area contributed by atoms with Crippen LogP contribution in [0.4, 0.5) is 0 Å². The monoisotopic (exact) mass is 676 g/mol. The normalized spacial score (nSPS) is 34.4. The van der Waals surface area contributed by atoms with E-state index in [2.05, 4.69) is 16.9 Å². The number of aliphatic carboxylic acids is 1. The summed E-state index contributed by atoms with van der Waals surface area (Å²) in [6.45, 7) is 3.68. The molecule has 0 aromatic heterocycles. The van der Waals surface area contributed by atoms with E-state index in [1.807, 2.05) is 0 Å². The van der Waals surface area contributed by atoms with Gasteiger partial charge in [0.05, 0.1) is 32.0 Å². The third kappa shape index (κ3) is 9.60. The molecule has 2 fully saturated rings. The molecule has 19 nitrogen and oxygen atoms in total. The van der Waals surface area contributed by atoms with E-state index < -0.39 is 106 Å². The smallest absolute Gasteiger partial charge is 0.544 e. The fraction of sp³-hybridized carbons (Fsp3) is 0.708. The van der Waals surface area contributed by atoms with Crippen molar-refractivity contribution in [2.45, 2.75) is 74.5 Å². The molecule has 7 unspecified atom stereocenters. The number of aliphatic imine (C=N–C) groups is 1. The van der Waals surface area contributed by atoms with Crippen LogP contribution >= 0.6 is 7.82 Å². The number of carbonyl (C=O) groups is 2. The maximum atomic E-state index is 12.9. The molecular formula is C24H38N4NaO15P. The van der Waals surface area contributed by atoms with Crippen LogP contribution in [0.5, 0.6) is 0 Å². The number of hydrogen-bond donors (Lipinski definition) is 9. The number of hydrogen-bond acceptors (Lipinski definition) is 18. The Morgan fingerprint density at radius 3 is 2.58 bits per heavy atom. The summed E-state index contributed by atoms with van der Waals surface area (Å²) >= 11 is 0. The van der Waals surface area contributed by atoms with Crippen LogP contribution < -0.4 is 45.7 Å². The molecule has 21 heteroatoms. The Hall–Kier alpha value is -1.36. The molecule has 0 aromatic carbocycles.